The number of fused-ring (bicyclic) bond motifs is 3. The van der Waals surface area contributed by atoms with E-state index in [1.165, 1.54) is 16.9 Å². The summed E-state index contributed by atoms with van der Waals surface area (Å²) in [7, 11) is 0. The smallest absolute Gasteiger partial charge is 0.230 e. The molecule has 0 atom stereocenters. The molecule has 0 aliphatic carbocycles. The first-order valence-corrected chi connectivity index (χ1v) is 10.1. The van der Waals surface area contributed by atoms with E-state index < -0.39 is 0 Å². The standard InChI is InChI=1S/C20H19N3OS2/c1-10-7-11(2)14(12(3)8-10)9-17(24)23-20-22-16-6-5-15-18(19(16)26-20)25-13(4)21-15/h5-8H,9H2,1-4H3,(H,22,23,24). The zero-order chi connectivity index (χ0) is 18.4. The molecule has 132 valence electrons. The minimum absolute atomic E-state index is 0.0316. The minimum Gasteiger partial charge on any atom is -0.302 e. The van der Waals surface area contributed by atoms with Crippen molar-refractivity contribution in [1.29, 1.82) is 0 Å². The number of carbonyl (C=O) groups is 1. The van der Waals surface area contributed by atoms with Crippen LogP contribution in [0.3, 0.4) is 0 Å². The van der Waals surface area contributed by atoms with E-state index in [-0.39, 0.29) is 5.91 Å². The lowest BCUT2D eigenvalue weighted by Gasteiger charge is -2.10. The molecule has 4 aromatic rings. The van der Waals surface area contributed by atoms with E-state index in [0.29, 0.717) is 11.6 Å². The number of rotatable bonds is 3. The van der Waals surface area contributed by atoms with E-state index in [1.54, 1.807) is 11.3 Å². The Labute approximate surface area is 159 Å². The first kappa shape index (κ1) is 17.1. The van der Waals surface area contributed by atoms with Gasteiger partial charge in [0.05, 0.1) is 31.9 Å². The van der Waals surface area contributed by atoms with Crippen LogP contribution in [0.4, 0.5) is 5.13 Å². The summed E-state index contributed by atoms with van der Waals surface area (Å²) < 4.78 is 2.23. The van der Waals surface area contributed by atoms with E-state index in [0.717, 1.165) is 42.1 Å². The van der Waals surface area contributed by atoms with Crippen molar-refractivity contribution in [1.82, 2.24) is 9.97 Å². The van der Waals surface area contributed by atoms with Crippen molar-refractivity contribution in [2.45, 2.75) is 34.1 Å². The second-order valence-corrected chi connectivity index (χ2v) is 8.82. The molecular weight excluding hydrogens is 362 g/mol. The zero-order valence-corrected chi connectivity index (χ0v) is 16.8. The van der Waals surface area contributed by atoms with Crippen molar-refractivity contribution < 1.29 is 4.79 Å². The van der Waals surface area contributed by atoms with Gasteiger partial charge < -0.3 is 5.32 Å². The monoisotopic (exact) mass is 381 g/mol. The Morgan fingerprint density at radius 3 is 2.27 bits per heavy atom. The lowest BCUT2D eigenvalue weighted by Crippen LogP contribution is -2.15. The van der Waals surface area contributed by atoms with Gasteiger partial charge in [-0.15, -0.1) is 11.3 Å². The summed E-state index contributed by atoms with van der Waals surface area (Å²) in [6, 6.07) is 8.20. The average molecular weight is 382 g/mol. The molecule has 6 heteroatoms. The fraction of sp³-hybridized carbons (Fsp3) is 0.250. The van der Waals surface area contributed by atoms with E-state index in [1.807, 2.05) is 19.1 Å². The van der Waals surface area contributed by atoms with Gasteiger partial charge in [0.1, 0.15) is 0 Å². The number of hydrogen-bond acceptors (Lipinski definition) is 5. The van der Waals surface area contributed by atoms with E-state index in [4.69, 9.17) is 0 Å². The lowest BCUT2D eigenvalue weighted by atomic mass is 9.97. The molecule has 0 bridgehead atoms. The van der Waals surface area contributed by atoms with E-state index in [9.17, 15) is 4.79 Å². The Hall–Kier alpha value is -2.31. The van der Waals surface area contributed by atoms with E-state index >= 15 is 0 Å². The molecule has 0 unspecified atom stereocenters. The van der Waals surface area contributed by atoms with Crippen molar-refractivity contribution in [3.8, 4) is 0 Å². The Balaban J connectivity index is 1.61. The fourth-order valence-corrected chi connectivity index (χ4v) is 5.37. The summed E-state index contributed by atoms with van der Waals surface area (Å²) in [6.45, 7) is 8.20. The number of hydrogen-bond donors (Lipinski definition) is 1. The lowest BCUT2D eigenvalue weighted by molar-refractivity contribution is -0.115. The summed E-state index contributed by atoms with van der Waals surface area (Å²) in [4.78, 5) is 21.7. The van der Waals surface area contributed by atoms with Gasteiger partial charge in [-0.2, -0.15) is 0 Å². The molecule has 0 saturated heterocycles. The van der Waals surface area contributed by atoms with Gasteiger partial charge in [0, 0.05) is 0 Å². The molecule has 1 N–H and O–H groups in total. The first-order chi connectivity index (χ1) is 12.4. The number of aryl methyl sites for hydroxylation is 4. The predicted molar refractivity (Wildman–Crippen MR) is 111 cm³/mol. The number of benzene rings is 2. The first-order valence-electron chi connectivity index (χ1n) is 8.44. The Morgan fingerprint density at radius 1 is 0.962 bits per heavy atom. The van der Waals surface area contributed by atoms with Crippen LogP contribution in [0.2, 0.25) is 0 Å². The van der Waals surface area contributed by atoms with Gasteiger partial charge in [-0.05, 0) is 56.5 Å². The van der Waals surface area contributed by atoms with Crippen molar-refractivity contribution in [3.63, 3.8) is 0 Å². The third kappa shape index (κ3) is 3.10. The van der Waals surface area contributed by atoms with Crippen molar-refractivity contribution in [2.24, 2.45) is 0 Å². The average Bonchev–Trinajstić information content (AvgIpc) is 3.12. The fourth-order valence-electron chi connectivity index (χ4n) is 3.35. The summed E-state index contributed by atoms with van der Waals surface area (Å²) in [5, 5.41) is 4.66. The number of carbonyl (C=O) groups excluding carboxylic acids is 1. The molecule has 0 fully saturated rings. The maximum Gasteiger partial charge on any atom is 0.230 e. The molecule has 26 heavy (non-hydrogen) atoms. The van der Waals surface area contributed by atoms with Gasteiger partial charge in [0.2, 0.25) is 5.91 Å². The van der Waals surface area contributed by atoms with Crippen LogP contribution in [0, 0.1) is 27.7 Å². The number of amides is 1. The normalized spacial score (nSPS) is 11.4. The van der Waals surface area contributed by atoms with Crippen LogP contribution in [0.5, 0.6) is 0 Å². The van der Waals surface area contributed by atoms with Crippen molar-refractivity contribution >= 4 is 54.1 Å². The molecule has 4 nitrogen and oxygen atoms in total. The molecule has 0 aliphatic rings. The highest BCUT2D eigenvalue weighted by Crippen LogP contribution is 2.35. The Morgan fingerprint density at radius 2 is 1.58 bits per heavy atom. The number of anilines is 1. The molecule has 2 heterocycles. The number of aromatic nitrogens is 2. The predicted octanol–water partition coefficient (Wildman–Crippen LogP) is 5.32. The number of nitrogens with zero attached hydrogens (tertiary/aromatic N) is 2. The topological polar surface area (TPSA) is 54.9 Å². The molecular formula is C20H19N3OS2. The summed E-state index contributed by atoms with van der Waals surface area (Å²) in [5.41, 5.74) is 6.53. The molecule has 2 aromatic carbocycles. The van der Waals surface area contributed by atoms with Crippen LogP contribution in [0.15, 0.2) is 24.3 Å². The van der Waals surface area contributed by atoms with Crippen LogP contribution in [-0.2, 0) is 11.2 Å². The summed E-state index contributed by atoms with van der Waals surface area (Å²) >= 11 is 3.19. The molecule has 0 spiro atoms. The van der Waals surface area contributed by atoms with Crippen LogP contribution in [-0.4, -0.2) is 15.9 Å². The van der Waals surface area contributed by atoms with Gasteiger partial charge in [-0.1, -0.05) is 29.0 Å². The van der Waals surface area contributed by atoms with Gasteiger partial charge in [-0.25, -0.2) is 9.97 Å². The summed E-state index contributed by atoms with van der Waals surface area (Å²) in [6.07, 6.45) is 0.364. The zero-order valence-electron chi connectivity index (χ0n) is 15.1. The highest BCUT2D eigenvalue weighted by Gasteiger charge is 2.14. The quantitative estimate of drug-likeness (QED) is 0.522. The number of nitrogens with one attached hydrogen (secondary N) is 1. The van der Waals surface area contributed by atoms with Crippen molar-refractivity contribution in [3.05, 3.63) is 51.5 Å². The van der Waals surface area contributed by atoms with Crippen LogP contribution >= 0.6 is 22.7 Å². The highest BCUT2D eigenvalue weighted by atomic mass is 32.1. The van der Waals surface area contributed by atoms with Crippen molar-refractivity contribution in [2.75, 3.05) is 5.32 Å². The third-order valence-corrected chi connectivity index (χ3v) is 6.58. The van der Waals surface area contributed by atoms with E-state index in [2.05, 4.69) is 48.2 Å². The molecule has 0 radical (unpaired) electrons. The second-order valence-electron chi connectivity index (χ2n) is 6.62. The van der Waals surface area contributed by atoms with Gasteiger partial charge in [0.15, 0.2) is 5.13 Å². The third-order valence-electron chi connectivity index (χ3n) is 4.44. The van der Waals surface area contributed by atoms with Crippen LogP contribution in [0.1, 0.15) is 27.3 Å². The molecule has 0 aliphatic heterocycles. The summed E-state index contributed by atoms with van der Waals surface area (Å²) in [5.74, 6) is -0.0316. The SMILES string of the molecule is Cc1cc(C)c(CC(=O)Nc2nc3ccc4nc(C)sc4c3s2)c(C)c1. The Kier molecular flexibility index (Phi) is 4.25. The van der Waals surface area contributed by atoms with Crippen LogP contribution in [0.25, 0.3) is 20.4 Å². The maximum absolute atomic E-state index is 12.6. The minimum atomic E-state index is -0.0316. The Bertz CT molecular complexity index is 1130. The van der Waals surface area contributed by atoms with Gasteiger partial charge >= 0.3 is 0 Å². The molecule has 1 amide bonds. The highest BCUT2D eigenvalue weighted by molar-refractivity contribution is 7.28. The van der Waals surface area contributed by atoms with Gasteiger partial charge in [0.25, 0.3) is 0 Å². The molecule has 2 aromatic heterocycles. The second kappa shape index (κ2) is 6.45. The molecule has 4 rings (SSSR count). The maximum atomic E-state index is 12.6. The largest absolute Gasteiger partial charge is 0.302 e. The van der Waals surface area contributed by atoms with Crippen LogP contribution < -0.4 is 5.32 Å². The van der Waals surface area contributed by atoms with Gasteiger partial charge in [-0.3, -0.25) is 4.79 Å². The number of thiazole rings is 2. The molecule has 0 saturated carbocycles.